The molecule has 1 unspecified atom stereocenters. The monoisotopic (exact) mass is 413 g/mol. The summed E-state index contributed by atoms with van der Waals surface area (Å²) in [5, 5.41) is 3.49. The van der Waals surface area contributed by atoms with Crippen molar-refractivity contribution in [2.75, 3.05) is 45.8 Å². The maximum atomic E-state index is 11.9. The molecular formula is C24H39N5O. The summed E-state index contributed by atoms with van der Waals surface area (Å²) in [7, 11) is 0. The number of hydrogen-bond donors (Lipinski definition) is 1. The molecule has 2 aliphatic rings. The van der Waals surface area contributed by atoms with E-state index in [1.807, 2.05) is 4.90 Å². The van der Waals surface area contributed by atoms with Gasteiger partial charge in [0.05, 0.1) is 6.54 Å². The Hall–Kier alpha value is -2.08. The number of hydrogen-bond acceptors (Lipinski definition) is 3. The van der Waals surface area contributed by atoms with Gasteiger partial charge in [0.25, 0.3) is 0 Å². The zero-order valence-corrected chi connectivity index (χ0v) is 19.1. The normalized spacial score (nSPS) is 19.9. The second-order valence-electron chi connectivity index (χ2n) is 8.50. The molecule has 30 heavy (non-hydrogen) atoms. The van der Waals surface area contributed by atoms with Crippen molar-refractivity contribution in [1.82, 2.24) is 20.0 Å². The van der Waals surface area contributed by atoms with Gasteiger partial charge in [-0.15, -0.1) is 0 Å². The molecule has 3 rings (SSSR count). The van der Waals surface area contributed by atoms with E-state index in [2.05, 4.69) is 60.2 Å². The fourth-order valence-electron chi connectivity index (χ4n) is 4.53. The summed E-state index contributed by atoms with van der Waals surface area (Å²) in [5.41, 5.74) is 2.40. The molecule has 2 fully saturated rings. The van der Waals surface area contributed by atoms with Crippen LogP contribution in [0.4, 0.5) is 0 Å². The predicted octanol–water partition coefficient (Wildman–Crippen LogP) is 2.94. The minimum absolute atomic E-state index is 0.279. The number of guanidine groups is 1. The standard InChI is InChI=1S/C24H39N5O/c1-4-25-24(29-14-12-22(19-29)17-27(5-2)6-3)26-16-20-9-7-10-21(15-20)18-28-13-8-11-23(28)30/h7,9-10,15,22H,4-6,8,11-14,16-19H2,1-3H3,(H,25,26). The van der Waals surface area contributed by atoms with Crippen molar-refractivity contribution in [2.24, 2.45) is 10.9 Å². The van der Waals surface area contributed by atoms with E-state index in [1.165, 1.54) is 24.1 Å². The first kappa shape index (κ1) is 22.6. The highest BCUT2D eigenvalue weighted by molar-refractivity contribution is 5.80. The topological polar surface area (TPSA) is 51.2 Å². The van der Waals surface area contributed by atoms with E-state index >= 15 is 0 Å². The number of benzene rings is 1. The Balaban J connectivity index is 1.59. The number of rotatable bonds is 9. The van der Waals surface area contributed by atoms with E-state index in [1.54, 1.807) is 0 Å². The van der Waals surface area contributed by atoms with Crippen LogP contribution in [-0.2, 0) is 17.9 Å². The van der Waals surface area contributed by atoms with Gasteiger partial charge in [-0.3, -0.25) is 4.79 Å². The zero-order chi connectivity index (χ0) is 21.3. The number of carbonyl (C=O) groups excluding carboxylic acids is 1. The van der Waals surface area contributed by atoms with Crippen molar-refractivity contribution in [3.05, 3.63) is 35.4 Å². The number of likely N-dealkylation sites (tertiary alicyclic amines) is 2. The van der Waals surface area contributed by atoms with Crippen molar-refractivity contribution in [2.45, 2.75) is 53.1 Å². The van der Waals surface area contributed by atoms with Gasteiger partial charge in [0, 0.05) is 45.7 Å². The van der Waals surface area contributed by atoms with Crippen LogP contribution in [0.1, 0.15) is 51.2 Å². The molecule has 2 saturated heterocycles. The maximum Gasteiger partial charge on any atom is 0.222 e. The summed E-state index contributed by atoms with van der Waals surface area (Å²) < 4.78 is 0. The molecule has 0 aliphatic carbocycles. The first-order chi connectivity index (χ1) is 14.6. The minimum Gasteiger partial charge on any atom is -0.357 e. The van der Waals surface area contributed by atoms with Crippen LogP contribution >= 0.6 is 0 Å². The lowest BCUT2D eigenvalue weighted by Crippen LogP contribution is -2.40. The summed E-state index contributed by atoms with van der Waals surface area (Å²) in [6.45, 7) is 15.4. The van der Waals surface area contributed by atoms with Crippen LogP contribution in [-0.4, -0.2) is 72.4 Å². The molecule has 0 radical (unpaired) electrons. The van der Waals surface area contributed by atoms with Gasteiger partial charge in [-0.05, 0) is 49.9 Å². The van der Waals surface area contributed by atoms with E-state index in [0.717, 1.165) is 64.1 Å². The highest BCUT2D eigenvalue weighted by Crippen LogP contribution is 2.19. The van der Waals surface area contributed by atoms with Gasteiger partial charge in [0.1, 0.15) is 0 Å². The number of nitrogens with zero attached hydrogens (tertiary/aromatic N) is 4. The third-order valence-electron chi connectivity index (χ3n) is 6.28. The van der Waals surface area contributed by atoms with Crippen LogP contribution in [0, 0.1) is 5.92 Å². The Morgan fingerprint density at radius 2 is 2.00 bits per heavy atom. The Morgan fingerprint density at radius 1 is 1.20 bits per heavy atom. The average molecular weight is 414 g/mol. The van der Waals surface area contributed by atoms with E-state index < -0.39 is 0 Å². The van der Waals surface area contributed by atoms with Gasteiger partial charge in [0.2, 0.25) is 5.91 Å². The first-order valence-electron chi connectivity index (χ1n) is 11.7. The molecule has 1 N–H and O–H groups in total. The highest BCUT2D eigenvalue weighted by atomic mass is 16.2. The summed E-state index contributed by atoms with van der Waals surface area (Å²) in [6.07, 6.45) is 2.92. The molecule has 0 aromatic heterocycles. The van der Waals surface area contributed by atoms with Crippen LogP contribution in [0.25, 0.3) is 0 Å². The van der Waals surface area contributed by atoms with E-state index in [4.69, 9.17) is 4.99 Å². The van der Waals surface area contributed by atoms with Crippen molar-refractivity contribution in [3.8, 4) is 0 Å². The number of nitrogens with one attached hydrogen (secondary N) is 1. The van der Waals surface area contributed by atoms with Gasteiger partial charge in [0.15, 0.2) is 5.96 Å². The third-order valence-corrected chi connectivity index (χ3v) is 6.28. The van der Waals surface area contributed by atoms with Crippen molar-refractivity contribution < 1.29 is 4.79 Å². The van der Waals surface area contributed by atoms with Crippen molar-refractivity contribution >= 4 is 11.9 Å². The van der Waals surface area contributed by atoms with Crippen molar-refractivity contribution in [3.63, 3.8) is 0 Å². The number of carbonyl (C=O) groups is 1. The van der Waals surface area contributed by atoms with Crippen LogP contribution in [0.3, 0.4) is 0 Å². The van der Waals surface area contributed by atoms with Crippen LogP contribution in [0.2, 0.25) is 0 Å². The lowest BCUT2D eigenvalue weighted by Gasteiger charge is -2.24. The second-order valence-corrected chi connectivity index (χ2v) is 8.50. The molecule has 0 spiro atoms. The van der Waals surface area contributed by atoms with Crippen molar-refractivity contribution in [1.29, 1.82) is 0 Å². The largest absolute Gasteiger partial charge is 0.357 e. The number of amides is 1. The Kier molecular flexibility index (Phi) is 8.55. The van der Waals surface area contributed by atoms with Crippen LogP contribution in [0.5, 0.6) is 0 Å². The molecule has 1 aromatic rings. The van der Waals surface area contributed by atoms with Gasteiger partial charge in [-0.1, -0.05) is 38.1 Å². The molecular weight excluding hydrogens is 374 g/mol. The summed E-state index contributed by atoms with van der Waals surface area (Å²) in [6, 6.07) is 8.53. The van der Waals surface area contributed by atoms with Gasteiger partial charge in [-0.2, -0.15) is 0 Å². The fraction of sp³-hybridized carbons (Fsp3) is 0.667. The molecule has 2 heterocycles. The molecule has 0 saturated carbocycles. The quantitative estimate of drug-likeness (QED) is 0.500. The number of aliphatic imine (C=N–C) groups is 1. The lowest BCUT2D eigenvalue weighted by atomic mass is 10.1. The average Bonchev–Trinajstić information content (AvgIpc) is 3.39. The molecule has 0 bridgehead atoms. The van der Waals surface area contributed by atoms with E-state index in [9.17, 15) is 4.79 Å². The molecule has 6 nitrogen and oxygen atoms in total. The maximum absolute atomic E-state index is 11.9. The Bertz CT molecular complexity index is 715. The first-order valence-corrected chi connectivity index (χ1v) is 11.7. The van der Waals surface area contributed by atoms with Crippen LogP contribution in [0.15, 0.2) is 29.3 Å². The lowest BCUT2D eigenvalue weighted by molar-refractivity contribution is -0.128. The van der Waals surface area contributed by atoms with Gasteiger partial charge >= 0.3 is 0 Å². The van der Waals surface area contributed by atoms with Gasteiger partial charge in [-0.25, -0.2) is 4.99 Å². The van der Waals surface area contributed by atoms with E-state index in [0.29, 0.717) is 13.0 Å². The molecule has 166 valence electrons. The predicted molar refractivity (Wildman–Crippen MR) is 123 cm³/mol. The molecule has 1 amide bonds. The SMILES string of the molecule is CCNC(=NCc1cccc(CN2CCCC2=O)c1)N1CCC(CN(CC)CC)C1. The molecule has 6 heteroatoms. The second kappa shape index (κ2) is 11.3. The fourth-order valence-corrected chi connectivity index (χ4v) is 4.53. The molecule has 1 aromatic carbocycles. The molecule has 2 aliphatic heterocycles. The van der Waals surface area contributed by atoms with Gasteiger partial charge < -0.3 is 20.0 Å². The summed E-state index contributed by atoms with van der Waals surface area (Å²) in [5.74, 6) is 2.02. The summed E-state index contributed by atoms with van der Waals surface area (Å²) >= 11 is 0. The summed E-state index contributed by atoms with van der Waals surface area (Å²) in [4.78, 5) is 23.8. The third kappa shape index (κ3) is 6.21. The minimum atomic E-state index is 0.279. The van der Waals surface area contributed by atoms with E-state index in [-0.39, 0.29) is 5.91 Å². The Labute approximate surface area is 182 Å². The Morgan fingerprint density at radius 3 is 2.70 bits per heavy atom. The smallest absolute Gasteiger partial charge is 0.222 e. The highest BCUT2D eigenvalue weighted by Gasteiger charge is 2.26. The molecule has 1 atom stereocenters. The zero-order valence-electron chi connectivity index (χ0n) is 19.1. The van der Waals surface area contributed by atoms with Crippen LogP contribution < -0.4 is 5.32 Å².